The maximum atomic E-state index is 10.5. The summed E-state index contributed by atoms with van der Waals surface area (Å²) in [6, 6.07) is 0. The van der Waals surface area contributed by atoms with Gasteiger partial charge in [-0.2, -0.15) is 0 Å². The number of rotatable bonds is 2. The molecule has 0 saturated heterocycles. The molecule has 0 unspecified atom stereocenters. The van der Waals surface area contributed by atoms with E-state index in [4.69, 9.17) is 5.73 Å². The van der Waals surface area contributed by atoms with E-state index in [0.717, 1.165) is 19.3 Å². The monoisotopic (exact) mass is 139 g/mol. The lowest BCUT2D eigenvalue weighted by atomic mass is 9.91. The van der Waals surface area contributed by atoms with Crippen molar-refractivity contribution in [3.8, 4) is 0 Å². The van der Waals surface area contributed by atoms with Crippen molar-refractivity contribution in [2.24, 2.45) is 11.7 Å². The summed E-state index contributed by atoms with van der Waals surface area (Å²) in [5.74, 6) is 0.350. The van der Waals surface area contributed by atoms with Crippen LogP contribution in [0.3, 0.4) is 0 Å². The number of nitrogens with two attached hydrogens (primary N) is 1. The van der Waals surface area contributed by atoms with Crippen LogP contribution in [0.15, 0.2) is 12.2 Å². The van der Waals surface area contributed by atoms with Crippen LogP contribution in [0, 0.1) is 5.92 Å². The van der Waals surface area contributed by atoms with Gasteiger partial charge >= 0.3 is 0 Å². The molecule has 1 atom stereocenters. The fraction of sp³-hybridized carbons (Fsp3) is 0.625. The van der Waals surface area contributed by atoms with Crippen LogP contribution < -0.4 is 5.73 Å². The molecule has 0 heterocycles. The van der Waals surface area contributed by atoms with Crippen molar-refractivity contribution in [2.45, 2.75) is 25.7 Å². The molecule has 10 heavy (non-hydrogen) atoms. The van der Waals surface area contributed by atoms with Crippen LogP contribution in [0.25, 0.3) is 0 Å². The molecule has 1 rings (SSSR count). The number of primary amides is 1. The van der Waals surface area contributed by atoms with E-state index < -0.39 is 0 Å². The SMILES string of the molecule is NC(=O)C[C@@H]1CC=CCC1. The first-order chi connectivity index (χ1) is 4.79. The van der Waals surface area contributed by atoms with Crippen molar-refractivity contribution in [3.63, 3.8) is 0 Å². The van der Waals surface area contributed by atoms with Gasteiger partial charge in [0.15, 0.2) is 0 Å². The molecule has 2 heteroatoms. The van der Waals surface area contributed by atoms with E-state index in [1.807, 2.05) is 0 Å². The van der Waals surface area contributed by atoms with Crippen LogP contribution >= 0.6 is 0 Å². The molecule has 2 N–H and O–H groups in total. The largest absolute Gasteiger partial charge is 0.370 e. The zero-order valence-electron chi connectivity index (χ0n) is 6.05. The highest BCUT2D eigenvalue weighted by Gasteiger charge is 2.11. The summed E-state index contributed by atoms with van der Waals surface area (Å²) in [5.41, 5.74) is 5.06. The number of carbonyl (C=O) groups is 1. The van der Waals surface area contributed by atoms with E-state index >= 15 is 0 Å². The normalized spacial score (nSPS) is 24.6. The topological polar surface area (TPSA) is 43.1 Å². The summed E-state index contributed by atoms with van der Waals surface area (Å²) in [7, 11) is 0. The van der Waals surface area contributed by atoms with Gasteiger partial charge in [0.1, 0.15) is 0 Å². The lowest BCUT2D eigenvalue weighted by Crippen LogP contribution is -2.16. The van der Waals surface area contributed by atoms with Crippen molar-refractivity contribution < 1.29 is 4.79 Å². The highest BCUT2D eigenvalue weighted by atomic mass is 16.1. The fourth-order valence-electron chi connectivity index (χ4n) is 1.33. The Bertz CT molecular complexity index is 151. The summed E-state index contributed by atoms with van der Waals surface area (Å²) in [4.78, 5) is 10.5. The average Bonchev–Trinajstić information content (AvgIpc) is 1.88. The molecular formula is C8H13NO. The van der Waals surface area contributed by atoms with E-state index in [-0.39, 0.29) is 5.91 Å². The summed E-state index contributed by atoms with van der Waals surface area (Å²) in [6.45, 7) is 0. The van der Waals surface area contributed by atoms with Crippen LogP contribution in [0.1, 0.15) is 25.7 Å². The molecule has 0 spiro atoms. The van der Waals surface area contributed by atoms with E-state index in [9.17, 15) is 4.79 Å². The third-order valence-corrected chi connectivity index (χ3v) is 1.87. The molecule has 0 saturated carbocycles. The van der Waals surface area contributed by atoms with Gasteiger partial charge in [-0.25, -0.2) is 0 Å². The summed E-state index contributed by atoms with van der Waals surface area (Å²) >= 11 is 0. The first-order valence-electron chi connectivity index (χ1n) is 3.72. The Balaban J connectivity index is 2.28. The Kier molecular flexibility index (Phi) is 2.49. The van der Waals surface area contributed by atoms with Gasteiger partial charge in [-0.1, -0.05) is 12.2 Å². The number of carbonyl (C=O) groups excluding carboxylic acids is 1. The van der Waals surface area contributed by atoms with E-state index in [2.05, 4.69) is 12.2 Å². The molecule has 0 aromatic carbocycles. The molecule has 1 amide bonds. The summed E-state index contributed by atoms with van der Waals surface area (Å²) in [5, 5.41) is 0. The predicted molar refractivity (Wildman–Crippen MR) is 40.3 cm³/mol. The van der Waals surface area contributed by atoms with Crippen LogP contribution in [0.4, 0.5) is 0 Å². The van der Waals surface area contributed by atoms with Crippen LogP contribution in [-0.4, -0.2) is 5.91 Å². The van der Waals surface area contributed by atoms with Gasteiger partial charge in [0.2, 0.25) is 5.91 Å². The molecule has 0 aromatic rings. The Hall–Kier alpha value is -0.790. The summed E-state index contributed by atoms with van der Waals surface area (Å²) < 4.78 is 0. The molecule has 56 valence electrons. The number of allylic oxidation sites excluding steroid dienone is 2. The maximum Gasteiger partial charge on any atom is 0.217 e. The first kappa shape index (κ1) is 7.32. The predicted octanol–water partition coefficient (Wildman–Crippen LogP) is 1.22. The van der Waals surface area contributed by atoms with Crippen molar-refractivity contribution in [3.05, 3.63) is 12.2 Å². The van der Waals surface area contributed by atoms with Crippen molar-refractivity contribution in [1.29, 1.82) is 0 Å². The molecule has 1 aliphatic carbocycles. The van der Waals surface area contributed by atoms with Crippen LogP contribution in [0.5, 0.6) is 0 Å². The Morgan fingerprint density at radius 3 is 2.90 bits per heavy atom. The third-order valence-electron chi connectivity index (χ3n) is 1.87. The number of hydrogen-bond donors (Lipinski definition) is 1. The van der Waals surface area contributed by atoms with Gasteiger partial charge < -0.3 is 5.73 Å². The lowest BCUT2D eigenvalue weighted by Gasteiger charge is -2.14. The molecule has 0 aliphatic heterocycles. The standard InChI is InChI=1S/C8H13NO/c9-8(10)6-7-4-2-1-3-5-7/h1-2,7H,3-6H2,(H2,9,10)/t7-/m1/s1. The van der Waals surface area contributed by atoms with Gasteiger partial charge in [-0.15, -0.1) is 0 Å². The van der Waals surface area contributed by atoms with Crippen LogP contribution in [-0.2, 0) is 4.79 Å². The zero-order valence-corrected chi connectivity index (χ0v) is 6.05. The highest BCUT2D eigenvalue weighted by molar-refractivity contribution is 5.74. The van der Waals surface area contributed by atoms with E-state index in [0.29, 0.717) is 12.3 Å². The second-order valence-corrected chi connectivity index (χ2v) is 2.82. The highest BCUT2D eigenvalue weighted by Crippen LogP contribution is 2.20. The van der Waals surface area contributed by atoms with Gasteiger partial charge in [-0.05, 0) is 25.2 Å². The molecule has 0 fully saturated rings. The average molecular weight is 139 g/mol. The van der Waals surface area contributed by atoms with Gasteiger partial charge in [0.25, 0.3) is 0 Å². The molecule has 0 radical (unpaired) electrons. The minimum Gasteiger partial charge on any atom is -0.370 e. The lowest BCUT2D eigenvalue weighted by molar-refractivity contribution is -0.118. The van der Waals surface area contributed by atoms with Crippen molar-refractivity contribution >= 4 is 5.91 Å². The minimum atomic E-state index is -0.166. The quantitative estimate of drug-likeness (QED) is 0.574. The Labute approximate surface area is 61.1 Å². The molecular weight excluding hydrogens is 126 g/mol. The van der Waals surface area contributed by atoms with E-state index in [1.54, 1.807) is 0 Å². The van der Waals surface area contributed by atoms with Gasteiger partial charge in [0, 0.05) is 6.42 Å². The van der Waals surface area contributed by atoms with Crippen molar-refractivity contribution in [1.82, 2.24) is 0 Å². The Morgan fingerprint density at radius 1 is 1.60 bits per heavy atom. The molecule has 0 aromatic heterocycles. The van der Waals surface area contributed by atoms with Crippen molar-refractivity contribution in [2.75, 3.05) is 0 Å². The minimum absolute atomic E-state index is 0.166. The molecule has 2 nitrogen and oxygen atoms in total. The molecule has 0 bridgehead atoms. The zero-order chi connectivity index (χ0) is 7.40. The number of amides is 1. The number of hydrogen-bond acceptors (Lipinski definition) is 1. The second-order valence-electron chi connectivity index (χ2n) is 2.82. The first-order valence-corrected chi connectivity index (χ1v) is 3.72. The third kappa shape index (κ3) is 2.21. The fourth-order valence-corrected chi connectivity index (χ4v) is 1.33. The second kappa shape index (κ2) is 3.40. The van der Waals surface area contributed by atoms with Crippen LogP contribution in [0.2, 0.25) is 0 Å². The smallest absolute Gasteiger partial charge is 0.217 e. The maximum absolute atomic E-state index is 10.5. The molecule has 1 aliphatic rings. The Morgan fingerprint density at radius 2 is 2.40 bits per heavy atom. The van der Waals surface area contributed by atoms with E-state index in [1.165, 1.54) is 0 Å². The van der Waals surface area contributed by atoms with Gasteiger partial charge in [0.05, 0.1) is 0 Å². The van der Waals surface area contributed by atoms with Gasteiger partial charge in [-0.3, -0.25) is 4.79 Å². The summed E-state index contributed by atoms with van der Waals surface area (Å²) in [6.07, 6.45) is 8.12.